The van der Waals surface area contributed by atoms with E-state index in [-0.39, 0.29) is 17.5 Å². The van der Waals surface area contributed by atoms with Gasteiger partial charge in [0.2, 0.25) is 10.0 Å². The lowest BCUT2D eigenvalue weighted by atomic mass is 10.0. The Kier molecular flexibility index (Phi) is 7.22. The number of anilines is 2. The summed E-state index contributed by atoms with van der Waals surface area (Å²) in [7, 11) is -3.71. The second-order valence-corrected chi connectivity index (χ2v) is 11.6. The number of hydrogen-bond acceptors (Lipinski definition) is 7. The Labute approximate surface area is 213 Å². The molecule has 2 aromatic heterocycles. The third-order valence-electron chi connectivity index (χ3n) is 7.04. The van der Waals surface area contributed by atoms with Gasteiger partial charge in [-0.3, -0.25) is 0 Å². The standard InChI is InChI=1S/C27H33N5O3S/c1-20-5-10-26(29-18-20)30-24-12-16-32(19-25(24)33)36(34,35)23-8-6-21(7-9-23)22-11-13-28-27(17-22)31-14-3-2-4-15-31/h5-11,13,17-18,24-25,33H,2-4,12,14-16,19H2,1H3,(H,29,30)/t24-,25+/m1/s1. The van der Waals surface area contributed by atoms with Gasteiger partial charge < -0.3 is 15.3 Å². The maximum atomic E-state index is 13.3. The molecule has 4 heterocycles. The molecule has 0 unspecified atom stereocenters. The molecule has 2 aliphatic heterocycles. The second-order valence-electron chi connectivity index (χ2n) is 9.67. The maximum absolute atomic E-state index is 13.3. The number of nitrogens with one attached hydrogen (secondary N) is 1. The van der Waals surface area contributed by atoms with Crippen LogP contribution in [0.4, 0.5) is 11.6 Å². The minimum Gasteiger partial charge on any atom is -0.390 e. The number of nitrogens with zero attached hydrogens (tertiary/aromatic N) is 4. The van der Waals surface area contributed by atoms with Crippen molar-refractivity contribution in [1.29, 1.82) is 0 Å². The molecule has 190 valence electrons. The van der Waals surface area contributed by atoms with Gasteiger partial charge in [0.05, 0.1) is 17.0 Å². The fraction of sp³-hybridized carbons (Fsp3) is 0.407. The smallest absolute Gasteiger partial charge is 0.243 e. The van der Waals surface area contributed by atoms with E-state index in [4.69, 9.17) is 0 Å². The SMILES string of the molecule is Cc1ccc(N[C@@H]2CCN(S(=O)(=O)c3ccc(-c4ccnc(N5CCCCC5)c4)cc3)C[C@@H]2O)nc1. The Morgan fingerprint density at radius 2 is 1.72 bits per heavy atom. The van der Waals surface area contributed by atoms with Crippen molar-refractivity contribution in [3.8, 4) is 11.1 Å². The summed E-state index contributed by atoms with van der Waals surface area (Å²) in [4.78, 5) is 11.4. The first-order valence-corrected chi connectivity index (χ1v) is 14.0. The van der Waals surface area contributed by atoms with Gasteiger partial charge in [-0.2, -0.15) is 4.31 Å². The van der Waals surface area contributed by atoms with Crippen molar-refractivity contribution in [2.75, 3.05) is 36.4 Å². The van der Waals surface area contributed by atoms with E-state index in [1.807, 2.05) is 43.5 Å². The van der Waals surface area contributed by atoms with Crippen LogP contribution in [0, 0.1) is 6.92 Å². The van der Waals surface area contributed by atoms with Crippen molar-refractivity contribution >= 4 is 21.7 Å². The summed E-state index contributed by atoms with van der Waals surface area (Å²) in [6, 6.07) is 14.6. The minimum absolute atomic E-state index is 0.0389. The molecule has 0 radical (unpaired) electrons. The third kappa shape index (κ3) is 5.38. The quantitative estimate of drug-likeness (QED) is 0.525. The van der Waals surface area contributed by atoms with Crippen molar-refractivity contribution in [3.63, 3.8) is 0 Å². The number of sulfonamides is 1. The third-order valence-corrected chi connectivity index (χ3v) is 8.92. The van der Waals surface area contributed by atoms with E-state index in [2.05, 4.69) is 26.3 Å². The van der Waals surface area contributed by atoms with Crippen LogP contribution in [-0.4, -0.2) is 66.1 Å². The number of aromatic nitrogens is 2. The summed E-state index contributed by atoms with van der Waals surface area (Å²) >= 11 is 0. The van der Waals surface area contributed by atoms with Gasteiger partial charge in [-0.1, -0.05) is 18.2 Å². The van der Waals surface area contributed by atoms with Crippen molar-refractivity contribution in [2.24, 2.45) is 0 Å². The van der Waals surface area contributed by atoms with E-state index in [1.165, 1.54) is 23.6 Å². The zero-order valence-electron chi connectivity index (χ0n) is 20.5. The summed E-state index contributed by atoms with van der Waals surface area (Å²) < 4.78 is 28.0. The van der Waals surface area contributed by atoms with Crippen molar-refractivity contribution in [2.45, 2.75) is 49.6 Å². The molecule has 2 atom stereocenters. The molecule has 8 nitrogen and oxygen atoms in total. The van der Waals surface area contributed by atoms with Crippen LogP contribution in [0.3, 0.4) is 0 Å². The summed E-state index contributed by atoms with van der Waals surface area (Å²) in [5.41, 5.74) is 3.02. The molecule has 0 bridgehead atoms. The number of piperidine rings is 2. The number of β-amino-alcohol motifs (C(OH)–C–C–N with tert-alkyl or cyclic N) is 1. The zero-order chi connectivity index (χ0) is 25.1. The molecule has 9 heteroatoms. The highest BCUT2D eigenvalue weighted by atomic mass is 32.2. The van der Waals surface area contributed by atoms with Crippen LogP contribution in [0.15, 0.2) is 65.8 Å². The fourth-order valence-electron chi connectivity index (χ4n) is 4.89. The number of hydrogen-bond donors (Lipinski definition) is 2. The molecule has 2 N–H and O–H groups in total. The summed E-state index contributed by atoms with van der Waals surface area (Å²) in [5, 5.41) is 13.9. The first-order valence-electron chi connectivity index (χ1n) is 12.6. The lowest BCUT2D eigenvalue weighted by Gasteiger charge is -2.35. The number of pyridine rings is 2. The maximum Gasteiger partial charge on any atom is 0.243 e. The number of aliphatic hydroxyl groups excluding tert-OH is 1. The van der Waals surface area contributed by atoms with Gasteiger partial charge in [0, 0.05) is 38.6 Å². The van der Waals surface area contributed by atoms with Gasteiger partial charge in [-0.25, -0.2) is 18.4 Å². The topological polar surface area (TPSA) is 98.7 Å². The monoisotopic (exact) mass is 507 g/mol. The fourth-order valence-corrected chi connectivity index (χ4v) is 6.37. The zero-order valence-corrected chi connectivity index (χ0v) is 21.4. The Hall–Kier alpha value is -3.01. The Morgan fingerprint density at radius 3 is 2.42 bits per heavy atom. The lowest BCUT2D eigenvalue weighted by Crippen LogP contribution is -2.51. The van der Waals surface area contributed by atoms with Gasteiger partial charge in [-0.15, -0.1) is 0 Å². The first-order chi connectivity index (χ1) is 17.4. The van der Waals surface area contributed by atoms with E-state index < -0.39 is 16.1 Å². The van der Waals surface area contributed by atoms with Gasteiger partial charge >= 0.3 is 0 Å². The molecule has 0 spiro atoms. The van der Waals surface area contributed by atoms with Crippen LogP contribution in [0.25, 0.3) is 11.1 Å². The molecular weight excluding hydrogens is 474 g/mol. The van der Waals surface area contributed by atoms with Gasteiger partial charge in [0.25, 0.3) is 0 Å². The summed E-state index contributed by atoms with van der Waals surface area (Å²) in [5.74, 6) is 1.64. The molecule has 36 heavy (non-hydrogen) atoms. The summed E-state index contributed by atoms with van der Waals surface area (Å²) in [6.45, 7) is 4.37. The van der Waals surface area contributed by atoms with Crippen LogP contribution in [0.2, 0.25) is 0 Å². The second kappa shape index (κ2) is 10.5. The first kappa shape index (κ1) is 24.7. The van der Waals surface area contributed by atoms with E-state index in [0.29, 0.717) is 18.8 Å². The predicted molar refractivity (Wildman–Crippen MR) is 142 cm³/mol. The van der Waals surface area contributed by atoms with E-state index >= 15 is 0 Å². The van der Waals surface area contributed by atoms with Crippen molar-refractivity contribution < 1.29 is 13.5 Å². The normalized spacial score (nSPS) is 21.3. The van der Waals surface area contributed by atoms with Crippen LogP contribution in [0.1, 0.15) is 31.2 Å². The van der Waals surface area contributed by atoms with Crippen LogP contribution in [-0.2, 0) is 10.0 Å². The molecule has 2 aliphatic rings. The predicted octanol–water partition coefficient (Wildman–Crippen LogP) is 3.68. The van der Waals surface area contributed by atoms with Crippen LogP contribution < -0.4 is 10.2 Å². The molecule has 5 rings (SSSR count). The largest absolute Gasteiger partial charge is 0.390 e. The Morgan fingerprint density at radius 1 is 0.944 bits per heavy atom. The van der Waals surface area contributed by atoms with Crippen molar-refractivity contribution in [3.05, 3.63) is 66.5 Å². The summed E-state index contributed by atoms with van der Waals surface area (Å²) in [6.07, 6.45) is 6.87. The molecule has 2 saturated heterocycles. The molecule has 0 saturated carbocycles. The average Bonchev–Trinajstić information content (AvgIpc) is 2.91. The molecule has 0 aliphatic carbocycles. The number of benzene rings is 1. The van der Waals surface area contributed by atoms with Gasteiger partial charge in [-0.05, 0) is 79.6 Å². The lowest BCUT2D eigenvalue weighted by molar-refractivity contribution is 0.0949. The minimum atomic E-state index is -3.71. The molecule has 2 fully saturated rings. The Balaban J connectivity index is 1.26. The van der Waals surface area contributed by atoms with Crippen LogP contribution in [0.5, 0.6) is 0 Å². The van der Waals surface area contributed by atoms with E-state index in [9.17, 15) is 13.5 Å². The van der Waals surface area contributed by atoms with E-state index in [1.54, 1.807) is 18.3 Å². The number of rotatable bonds is 6. The van der Waals surface area contributed by atoms with Gasteiger partial charge in [0.1, 0.15) is 11.6 Å². The number of aliphatic hydroxyl groups is 1. The van der Waals surface area contributed by atoms with Crippen molar-refractivity contribution in [1.82, 2.24) is 14.3 Å². The van der Waals surface area contributed by atoms with Crippen LogP contribution >= 0.6 is 0 Å². The Bertz CT molecular complexity index is 1280. The molecular formula is C27H33N5O3S. The highest BCUT2D eigenvalue weighted by Gasteiger charge is 2.34. The average molecular weight is 508 g/mol. The highest BCUT2D eigenvalue weighted by Crippen LogP contribution is 2.28. The highest BCUT2D eigenvalue weighted by molar-refractivity contribution is 7.89. The number of aryl methyl sites for hydroxylation is 1. The van der Waals surface area contributed by atoms with Gasteiger partial charge in [0.15, 0.2) is 0 Å². The van der Waals surface area contributed by atoms with E-state index in [0.717, 1.165) is 35.6 Å². The molecule has 0 amide bonds. The molecule has 1 aromatic carbocycles. The molecule has 3 aromatic rings.